The number of para-hydroxylation sites is 1. The highest BCUT2D eigenvalue weighted by atomic mass is 19.1. The standard InChI is InChI=1S/C21H23FN6O/c22-15-10-14(19(24)29)20(28-21(15)27-18-8-4-2-6-16(18)23)26-13-9-12-5-1-3-7-17(12)25-11-13/h1,3,5,7,9-11,16,18H,2,4,6,8,23H2,(H2,24,29)(H2,26,27,28)/t16-,18+/m0/s1. The number of pyridine rings is 2. The summed E-state index contributed by atoms with van der Waals surface area (Å²) in [6.45, 7) is 0. The van der Waals surface area contributed by atoms with Crippen molar-refractivity contribution in [3.05, 3.63) is 54.0 Å². The molecule has 0 unspecified atom stereocenters. The third kappa shape index (κ3) is 4.12. The molecule has 7 nitrogen and oxygen atoms in total. The summed E-state index contributed by atoms with van der Waals surface area (Å²) in [6, 6.07) is 10.5. The van der Waals surface area contributed by atoms with Gasteiger partial charge in [0, 0.05) is 17.5 Å². The summed E-state index contributed by atoms with van der Waals surface area (Å²) in [5.74, 6) is -1.19. The molecule has 2 atom stereocenters. The predicted octanol–water partition coefficient (Wildman–Crippen LogP) is 3.29. The fraction of sp³-hybridized carbons (Fsp3) is 0.286. The molecule has 2 aromatic heterocycles. The van der Waals surface area contributed by atoms with Crippen molar-refractivity contribution in [1.82, 2.24) is 9.97 Å². The minimum Gasteiger partial charge on any atom is -0.365 e. The zero-order valence-electron chi connectivity index (χ0n) is 15.9. The first kappa shape index (κ1) is 19.1. The summed E-state index contributed by atoms with van der Waals surface area (Å²) >= 11 is 0. The molecule has 1 aliphatic rings. The van der Waals surface area contributed by atoms with Crippen LogP contribution in [0.15, 0.2) is 42.6 Å². The molecule has 6 N–H and O–H groups in total. The van der Waals surface area contributed by atoms with Crippen LogP contribution in [0.3, 0.4) is 0 Å². The highest BCUT2D eigenvalue weighted by Gasteiger charge is 2.24. The lowest BCUT2D eigenvalue weighted by atomic mass is 9.91. The Labute approximate surface area is 167 Å². The molecule has 3 aromatic rings. The van der Waals surface area contributed by atoms with Gasteiger partial charge >= 0.3 is 0 Å². The number of amides is 1. The summed E-state index contributed by atoms with van der Waals surface area (Å²) < 4.78 is 14.6. The summed E-state index contributed by atoms with van der Waals surface area (Å²) in [5, 5.41) is 7.07. The largest absolute Gasteiger partial charge is 0.365 e. The maximum atomic E-state index is 14.6. The first-order chi connectivity index (χ1) is 14.0. The van der Waals surface area contributed by atoms with Crippen LogP contribution in [0, 0.1) is 5.82 Å². The van der Waals surface area contributed by atoms with Crippen molar-refractivity contribution in [2.75, 3.05) is 10.6 Å². The second-order valence-electron chi connectivity index (χ2n) is 7.32. The normalized spacial score (nSPS) is 19.1. The van der Waals surface area contributed by atoms with Crippen molar-refractivity contribution < 1.29 is 9.18 Å². The topological polar surface area (TPSA) is 119 Å². The van der Waals surface area contributed by atoms with Gasteiger partial charge in [0.1, 0.15) is 5.82 Å². The average Bonchev–Trinajstić information content (AvgIpc) is 2.71. The number of hydrogen-bond acceptors (Lipinski definition) is 6. The number of benzene rings is 1. The molecule has 29 heavy (non-hydrogen) atoms. The van der Waals surface area contributed by atoms with Crippen LogP contribution in [0.1, 0.15) is 36.0 Å². The number of carbonyl (C=O) groups excluding carboxylic acids is 1. The number of primary amides is 1. The number of rotatable bonds is 5. The molecule has 0 spiro atoms. The van der Waals surface area contributed by atoms with E-state index in [1.807, 2.05) is 30.3 Å². The molecule has 2 heterocycles. The van der Waals surface area contributed by atoms with Crippen molar-refractivity contribution in [2.45, 2.75) is 37.8 Å². The van der Waals surface area contributed by atoms with Gasteiger partial charge in [0.25, 0.3) is 5.91 Å². The summed E-state index contributed by atoms with van der Waals surface area (Å²) in [4.78, 5) is 20.5. The Hall–Kier alpha value is -3.26. The number of halogens is 1. The van der Waals surface area contributed by atoms with E-state index < -0.39 is 11.7 Å². The molecule has 0 bridgehead atoms. The number of aromatic nitrogens is 2. The van der Waals surface area contributed by atoms with E-state index in [4.69, 9.17) is 11.5 Å². The van der Waals surface area contributed by atoms with Gasteiger partial charge in [-0.25, -0.2) is 9.37 Å². The Morgan fingerprint density at radius 1 is 1.14 bits per heavy atom. The maximum Gasteiger partial charge on any atom is 0.252 e. The molecular weight excluding hydrogens is 371 g/mol. The van der Waals surface area contributed by atoms with E-state index in [0.29, 0.717) is 5.69 Å². The first-order valence-electron chi connectivity index (χ1n) is 9.65. The van der Waals surface area contributed by atoms with Crippen LogP contribution >= 0.6 is 0 Å². The summed E-state index contributed by atoms with van der Waals surface area (Å²) in [6.07, 6.45) is 5.45. The second kappa shape index (κ2) is 8.00. The average molecular weight is 394 g/mol. The van der Waals surface area contributed by atoms with Gasteiger partial charge in [0.2, 0.25) is 0 Å². The van der Waals surface area contributed by atoms with Gasteiger partial charge in [-0.3, -0.25) is 9.78 Å². The van der Waals surface area contributed by atoms with Crippen LogP contribution in [-0.4, -0.2) is 28.0 Å². The van der Waals surface area contributed by atoms with Gasteiger partial charge in [-0.1, -0.05) is 31.0 Å². The zero-order chi connectivity index (χ0) is 20.4. The molecule has 1 aromatic carbocycles. The van der Waals surface area contributed by atoms with Gasteiger partial charge in [-0.05, 0) is 31.0 Å². The van der Waals surface area contributed by atoms with Crippen LogP contribution < -0.4 is 22.1 Å². The van der Waals surface area contributed by atoms with E-state index in [1.54, 1.807) is 6.20 Å². The number of anilines is 3. The maximum absolute atomic E-state index is 14.6. The van der Waals surface area contributed by atoms with Crippen LogP contribution in [0.5, 0.6) is 0 Å². The summed E-state index contributed by atoms with van der Waals surface area (Å²) in [5.41, 5.74) is 13.0. The number of nitrogens with zero attached hydrogens (tertiary/aromatic N) is 2. The third-order valence-electron chi connectivity index (χ3n) is 5.24. The third-order valence-corrected chi connectivity index (χ3v) is 5.24. The van der Waals surface area contributed by atoms with Gasteiger partial charge in [0.05, 0.1) is 23.0 Å². The lowest BCUT2D eigenvalue weighted by molar-refractivity contribution is 0.100. The van der Waals surface area contributed by atoms with Crippen LogP contribution in [0.2, 0.25) is 0 Å². The van der Waals surface area contributed by atoms with E-state index >= 15 is 0 Å². The number of carbonyl (C=O) groups is 1. The minimum absolute atomic E-state index is 0.0332. The lowest BCUT2D eigenvalue weighted by Crippen LogP contribution is -2.43. The molecule has 0 saturated heterocycles. The minimum atomic E-state index is -0.770. The Kier molecular flexibility index (Phi) is 5.26. The number of nitrogens with one attached hydrogen (secondary N) is 2. The molecule has 1 amide bonds. The highest BCUT2D eigenvalue weighted by molar-refractivity contribution is 5.98. The van der Waals surface area contributed by atoms with E-state index in [-0.39, 0.29) is 29.3 Å². The smallest absolute Gasteiger partial charge is 0.252 e. The Morgan fingerprint density at radius 2 is 1.93 bits per heavy atom. The van der Waals surface area contributed by atoms with Gasteiger partial charge < -0.3 is 22.1 Å². The fourth-order valence-corrected chi connectivity index (χ4v) is 3.66. The Balaban J connectivity index is 1.67. The molecule has 1 aliphatic carbocycles. The molecule has 1 saturated carbocycles. The SMILES string of the molecule is NC(=O)c1cc(F)c(N[C@@H]2CCCC[C@@H]2N)nc1Nc1cnc2ccccc2c1. The number of hydrogen-bond donors (Lipinski definition) is 4. The quantitative estimate of drug-likeness (QED) is 0.527. The van der Waals surface area contributed by atoms with Crippen molar-refractivity contribution in [3.63, 3.8) is 0 Å². The molecular formula is C21H23FN6O. The highest BCUT2D eigenvalue weighted by Crippen LogP contribution is 2.27. The van der Waals surface area contributed by atoms with Crippen molar-refractivity contribution in [2.24, 2.45) is 11.5 Å². The monoisotopic (exact) mass is 394 g/mol. The number of nitrogens with two attached hydrogens (primary N) is 2. The summed E-state index contributed by atoms with van der Waals surface area (Å²) in [7, 11) is 0. The Bertz CT molecular complexity index is 1060. The van der Waals surface area contributed by atoms with Gasteiger partial charge in [0.15, 0.2) is 11.6 Å². The fourth-order valence-electron chi connectivity index (χ4n) is 3.66. The molecule has 8 heteroatoms. The van der Waals surface area contributed by atoms with Gasteiger partial charge in [-0.15, -0.1) is 0 Å². The molecule has 4 rings (SSSR count). The van der Waals surface area contributed by atoms with Crippen LogP contribution in [0.25, 0.3) is 10.9 Å². The van der Waals surface area contributed by atoms with E-state index in [0.717, 1.165) is 42.7 Å². The molecule has 1 fully saturated rings. The second-order valence-corrected chi connectivity index (χ2v) is 7.32. The van der Waals surface area contributed by atoms with Crippen molar-refractivity contribution in [3.8, 4) is 0 Å². The molecule has 150 valence electrons. The first-order valence-corrected chi connectivity index (χ1v) is 9.65. The molecule has 0 aliphatic heterocycles. The predicted molar refractivity (Wildman–Crippen MR) is 112 cm³/mol. The zero-order valence-corrected chi connectivity index (χ0v) is 15.9. The van der Waals surface area contributed by atoms with E-state index in [9.17, 15) is 9.18 Å². The van der Waals surface area contributed by atoms with Gasteiger partial charge in [-0.2, -0.15) is 0 Å². The Morgan fingerprint density at radius 3 is 2.72 bits per heavy atom. The van der Waals surface area contributed by atoms with E-state index in [1.165, 1.54) is 0 Å². The van der Waals surface area contributed by atoms with Crippen molar-refractivity contribution >= 4 is 34.1 Å². The van der Waals surface area contributed by atoms with E-state index in [2.05, 4.69) is 20.6 Å². The van der Waals surface area contributed by atoms with Crippen LogP contribution in [0.4, 0.5) is 21.7 Å². The molecule has 0 radical (unpaired) electrons. The lowest BCUT2D eigenvalue weighted by Gasteiger charge is -2.30. The van der Waals surface area contributed by atoms with Crippen LogP contribution in [-0.2, 0) is 0 Å². The van der Waals surface area contributed by atoms with Crippen molar-refractivity contribution in [1.29, 1.82) is 0 Å². The number of fused-ring (bicyclic) bond motifs is 1.